The largest absolute Gasteiger partial charge is 0.491 e. The van der Waals surface area contributed by atoms with Crippen molar-refractivity contribution in [3.05, 3.63) is 62.5 Å². The highest BCUT2D eigenvalue weighted by molar-refractivity contribution is 8.18. The number of carbonyl (C=O) groups excluding carboxylic acids is 3. The van der Waals surface area contributed by atoms with Gasteiger partial charge in [-0.25, -0.2) is 0 Å². The fourth-order valence-corrected chi connectivity index (χ4v) is 4.30. The quantitative estimate of drug-likeness (QED) is 0.468. The van der Waals surface area contributed by atoms with Crippen LogP contribution in [0.25, 0.3) is 6.08 Å². The average Bonchev–Trinajstić information content (AvgIpc) is 2.97. The molecule has 2 aromatic carbocycles. The third kappa shape index (κ3) is 6.01. The van der Waals surface area contributed by atoms with Gasteiger partial charge in [-0.05, 0) is 60.7 Å². The first-order valence-corrected chi connectivity index (χ1v) is 10.9. The molecule has 3 amide bonds. The summed E-state index contributed by atoms with van der Waals surface area (Å²) in [6.07, 6.45) is -3.19. The van der Waals surface area contributed by atoms with Gasteiger partial charge in [-0.2, -0.15) is 13.2 Å². The van der Waals surface area contributed by atoms with Crippen molar-refractivity contribution in [1.82, 2.24) is 4.90 Å². The van der Waals surface area contributed by atoms with Crippen LogP contribution < -0.4 is 10.1 Å². The molecule has 3 rings (SSSR count). The summed E-state index contributed by atoms with van der Waals surface area (Å²) in [7, 11) is 0. The summed E-state index contributed by atoms with van der Waals surface area (Å²) in [5.41, 5.74) is -0.620. The van der Waals surface area contributed by atoms with E-state index in [1.807, 2.05) is 0 Å². The number of rotatable bonds is 6. The molecule has 0 aliphatic carbocycles. The molecule has 174 valence electrons. The van der Waals surface area contributed by atoms with E-state index in [-0.39, 0.29) is 26.4 Å². The van der Waals surface area contributed by atoms with Gasteiger partial charge in [0.05, 0.1) is 27.1 Å². The summed E-state index contributed by atoms with van der Waals surface area (Å²) >= 11 is 12.9. The monoisotopic (exact) mass is 518 g/mol. The van der Waals surface area contributed by atoms with Gasteiger partial charge in [-0.15, -0.1) is 0 Å². The number of imide groups is 1. The van der Waals surface area contributed by atoms with Crippen molar-refractivity contribution < 1.29 is 32.3 Å². The van der Waals surface area contributed by atoms with Gasteiger partial charge in [-0.3, -0.25) is 19.3 Å². The third-order valence-electron chi connectivity index (χ3n) is 4.26. The van der Waals surface area contributed by atoms with Crippen molar-refractivity contribution in [3.63, 3.8) is 0 Å². The first kappa shape index (κ1) is 24.9. The van der Waals surface area contributed by atoms with Gasteiger partial charge < -0.3 is 10.1 Å². The van der Waals surface area contributed by atoms with Gasteiger partial charge in [-0.1, -0.05) is 29.3 Å². The van der Waals surface area contributed by atoms with Crippen LogP contribution in [0.4, 0.5) is 23.7 Å². The molecule has 1 aliphatic heterocycles. The number of thioether (sulfide) groups is 1. The number of nitrogens with one attached hydrogen (secondary N) is 1. The lowest BCUT2D eigenvalue weighted by molar-refractivity contribution is -0.137. The van der Waals surface area contributed by atoms with Gasteiger partial charge in [0, 0.05) is 5.69 Å². The molecule has 1 N–H and O–H groups in total. The van der Waals surface area contributed by atoms with Crippen LogP contribution in [0.5, 0.6) is 5.75 Å². The van der Waals surface area contributed by atoms with E-state index in [1.54, 1.807) is 6.92 Å². The fourth-order valence-electron chi connectivity index (χ4n) is 2.85. The highest BCUT2D eigenvalue weighted by Crippen LogP contribution is 2.37. The highest BCUT2D eigenvalue weighted by atomic mass is 35.5. The minimum absolute atomic E-state index is 0.0307. The molecule has 0 bridgehead atoms. The fraction of sp³-hybridized carbons (Fsp3) is 0.190. The van der Waals surface area contributed by atoms with E-state index in [0.717, 1.165) is 18.2 Å². The van der Waals surface area contributed by atoms with Gasteiger partial charge in [0.2, 0.25) is 5.91 Å². The van der Waals surface area contributed by atoms with Gasteiger partial charge in [0.1, 0.15) is 6.54 Å². The molecular formula is C21H15Cl2F3N2O4S. The first-order valence-electron chi connectivity index (χ1n) is 9.34. The van der Waals surface area contributed by atoms with Crippen molar-refractivity contribution in [2.45, 2.75) is 13.1 Å². The molecule has 0 spiro atoms. The molecule has 1 aliphatic rings. The Kier molecular flexibility index (Phi) is 7.61. The van der Waals surface area contributed by atoms with Crippen molar-refractivity contribution in [3.8, 4) is 5.75 Å². The Morgan fingerprint density at radius 3 is 2.45 bits per heavy atom. The van der Waals surface area contributed by atoms with Crippen molar-refractivity contribution in [1.29, 1.82) is 0 Å². The zero-order valence-electron chi connectivity index (χ0n) is 16.8. The highest BCUT2D eigenvalue weighted by Gasteiger charge is 2.36. The number of nitrogens with zero attached hydrogens (tertiary/aromatic N) is 1. The molecule has 2 aromatic rings. The van der Waals surface area contributed by atoms with Gasteiger partial charge >= 0.3 is 6.18 Å². The summed E-state index contributed by atoms with van der Waals surface area (Å²) < 4.78 is 43.8. The lowest BCUT2D eigenvalue weighted by Gasteiger charge is -2.13. The van der Waals surface area contributed by atoms with Gasteiger partial charge in [0.25, 0.3) is 11.1 Å². The molecule has 33 heavy (non-hydrogen) atoms. The SMILES string of the molecule is CCOc1c(Cl)cc(/C=C2\SC(=O)N(CC(=O)Nc3cccc(C(F)(F)F)c3)C2=O)cc1Cl. The summed E-state index contributed by atoms with van der Waals surface area (Å²) in [6.45, 7) is 1.45. The number of halogens is 5. The summed E-state index contributed by atoms with van der Waals surface area (Å²) in [5, 5.41) is 1.99. The minimum Gasteiger partial charge on any atom is -0.491 e. The number of hydrogen-bond donors (Lipinski definition) is 1. The topological polar surface area (TPSA) is 75.7 Å². The molecule has 1 fully saturated rings. The number of carbonyl (C=O) groups is 3. The number of hydrogen-bond acceptors (Lipinski definition) is 5. The van der Waals surface area contributed by atoms with E-state index in [1.165, 1.54) is 24.3 Å². The number of ether oxygens (including phenoxy) is 1. The number of anilines is 1. The van der Waals surface area contributed by atoms with Crippen LogP contribution >= 0.6 is 35.0 Å². The van der Waals surface area contributed by atoms with Crippen LogP contribution in [-0.4, -0.2) is 35.1 Å². The van der Waals surface area contributed by atoms with Crippen LogP contribution in [0.2, 0.25) is 10.0 Å². The molecule has 0 unspecified atom stereocenters. The Bertz CT molecular complexity index is 1130. The molecule has 0 aromatic heterocycles. The second-order valence-electron chi connectivity index (χ2n) is 6.64. The number of alkyl halides is 3. The normalized spacial score (nSPS) is 15.3. The Balaban J connectivity index is 1.72. The second kappa shape index (κ2) is 10.1. The van der Waals surface area contributed by atoms with Crippen LogP contribution in [0, 0.1) is 0 Å². The maximum Gasteiger partial charge on any atom is 0.416 e. The van der Waals surface area contributed by atoms with Crippen molar-refractivity contribution in [2.24, 2.45) is 0 Å². The van der Waals surface area contributed by atoms with Gasteiger partial charge in [0.15, 0.2) is 5.75 Å². The van der Waals surface area contributed by atoms with Crippen LogP contribution in [-0.2, 0) is 15.8 Å². The molecule has 0 atom stereocenters. The van der Waals surface area contributed by atoms with Crippen molar-refractivity contribution in [2.75, 3.05) is 18.5 Å². The lowest BCUT2D eigenvalue weighted by atomic mass is 10.2. The Hall–Kier alpha value is -2.69. The van der Waals surface area contributed by atoms with Crippen LogP contribution in [0.3, 0.4) is 0 Å². The predicted octanol–water partition coefficient (Wildman–Crippen LogP) is 6.09. The minimum atomic E-state index is -4.58. The third-order valence-corrected chi connectivity index (χ3v) is 5.72. The predicted molar refractivity (Wildman–Crippen MR) is 120 cm³/mol. The van der Waals surface area contributed by atoms with E-state index in [2.05, 4.69) is 5.32 Å². The van der Waals surface area contributed by atoms with E-state index < -0.39 is 35.3 Å². The standard InChI is InChI=1S/C21H15Cl2F3N2O4S/c1-2-32-18-14(22)6-11(7-15(18)23)8-16-19(30)28(20(31)33-16)10-17(29)27-13-5-3-4-12(9-13)21(24,25)26/h3-9H,2,10H2,1H3,(H,27,29)/b16-8-. The molecule has 0 saturated carbocycles. The lowest BCUT2D eigenvalue weighted by Crippen LogP contribution is -2.36. The van der Waals surface area contributed by atoms with Crippen molar-refractivity contribution >= 4 is 63.8 Å². The maximum absolute atomic E-state index is 12.8. The van der Waals surface area contributed by atoms with E-state index in [4.69, 9.17) is 27.9 Å². The summed E-state index contributed by atoms with van der Waals surface area (Å²) in [4.78, 5) is 37.9. The molecule has 12 heteroatoms. The Labute approximate surface area is 200 Å². The Morgan fingerprint density at radius 2 is 1.85 bits per heavy atom. The van der Waals surface area contributed by atoms with E-state index >= 15 is 0 Å². The van der Waals surface area contributed by atoms with Crippen LogP contribution in [0.15, 0.2) is 41.3 Å². The summed E-state index contributed by atoms with van der Waals surface area (Å²) in [6, 6.07) is 7.02. The Morgan fingerprint density at radius 1 is 1.18 bits per heavy atom. The molecule has 6 nitrogen and oxygen atoms in total. The molecule has 1 saturated heterocycles. The summed E-state index contributed by atoms with van der Waals surface area (Å²) in [5.74, 6) is -1.27. The second-order valence-corrected chi connectivity index (χ2v) is 8.45. The molecule has 1 heterocycles. The number of amides is 3. The molecule has 0 radical (unpaired) electrons. The number of benzene rings is 2. The van der Waals surface area contributed by atoms with E-state index in [9.17, 15) is 27.6 Å². The average molecular weight is 519 g/mol. The smallest absolute Gasteiger partial charge is 0.416 e. The zero-order valence-corrected chi connectivity index (χ0v) is 19.2. The maximum atomic E-state index is 12.8. The first-order chi connectivity index (χ1) is 15.5. The molecular weight excluding hydrogens is 504 g/mol. The zero-order chi connectivity index (χ0) is 24.3. The van der Waals surface area contributed by atoms with E-state index in [0.29, 0.717) is 28.8 Å². The van der Waals surface area contributed by atoms with Crippen LogP contribution in [0.1, 0.15) is 18.1 Å².